The predicted molar refractivity (Wildman–Crippen MR) is 60.4 cm³/mol. The monoisotopic (exact) mass is 206 g/mol. The predicted octanol–water partition coefficient (Wildman–Crippen LogP) is 3.30. The molecule has 1 aliphatic rings. The first-order chi connectivity index (χ1) is 7.15. The Morgan fingerprint density at radius 2 is 2.07 bits per heavy atom. The third-order valence-corrected chi connectivity index (χ3v) is 2.76. The fourth-order valence-electron chi connectivity index (χ4n) is 1.52. The summed E-state index contributed by atoms with van der Waals surface area (Å²) < 4.78 is 5.64. The lowest BCUT2D eigenvalue weighted by Gasteiger charge is -2.10. The van der Waals surface area contributed by atoms with Crippen molar-refractivity contribution in [3.63, 3.8) is 0 Å². The third-order valence-electron chi connectivity index (χ3n) is 2.76. The fourth-order valence-corrected chi connectivity index (χ4v) is 1.52. The van der Waals surface area contributed by atoms with Crippen LogP contribution in [0.3, 0.4) is 0 Å². The summed E-state index contributed by atoms with van der Waals surface area (Å²) in [6.07, 6.45) is 2.58. The summed E-state index contributed by atoms with van der Waals surface area (Å²) in [5.41, 5.74) is 1.13. The van der Waals surface area contributed by atoms with Crippen molar-refractivity contribution in [2.75, 3.05) is 6.61 Å². The van der Waals surface area contributed by atoms with Gasteiger partial charge in [-0.3, -0.25) is 0 Å². The minimum absolute atomic E-state index is 0.298. The molecule has 1 aromatic rings. The number of benzene rings is 1. The van der Waals surface area contributed by atoms with E-state index in [9.17, 15) is 5.11 Å². The SMILES string of the molecule is CC(C)c1cc(O)cc(OCC2CC2)c1. The van der Waals surface area contributed by atoms with Crippen LogP contribution in [0.15, 0.2) is 18.2 Å². The average Bonchev–Trinajstić information content (AvgIpc) is 2.97. The molecule has 2 nitrogen and oxygen atoms in total. The Bertz CT molecular complexity index is 340. The second-order valence-corrected chi connectivity index (χ2v) is 4.67. The summed E-state index contributed by atoms with van der Waals surface area (Å²) >= 11 is 0. The number of phenols is 1. The van der Waals surface area contributed by atoms with Gasteiger partial charge in [-0.25, -0.2) is 0 Å². The van der Waals surface area contributed by atoms with Crippen LogP contribution >= 0.6 is 0 Å². The van der Waals surface area contributed by atoms with E-state index in [1.807, 2.05) is 6.07 Å². The van der Waals surface area contributed by atoms with Crippen molar-refractivity contribution < 1.29 is 9.84 Å². The Balaban J connectivity index is 2.07. The summed E-state index contributed by atoms with van der Waals surface area (Å²) in [5, 5.41) is 9.54. The first-order valence-electron chi connectivity index (χ1n) is 5.62. The van der Waals surface area contributed by atoms with Crippen LogP contribution in [0, 0.1) is 5.92 Å². The van der Waals surface area contributed by atoms with Crippen molar-refractivity contribution in [1.82, 2.24) is 0 Å². The molecule has 0 aromatic heterocycles. The standard InChI is InChI=1S/C13H18O2/c1-9(2)11-5-12(14)7-13(6-11)15-8-10-3-4-10/h5-7,9-10,14H,3-4,8H2,1-2H3. The zero-order valence-corrected chi connectivity index (χ0v) is 9.36. The Hall–Kier alpha value is -1.18. The lowest BCUT2D eigenvalue weighted by Crippen LogP contribution is -1.99. The van der Waals surface area contributed by atoms with Gasteiger partial charge in [-0.05, 0) is 42.4 Å². The van der Waals surface area contributed by atoms with Crippen molar-refractivity contribution in [3.8, 4) is 11.5 Å². The first-order valence-corrected chi connectivity index (χ1v) is 5.62. The van der Waals surface area contributed by atoms with Crippen LogP contribution in [-0.4, -0.2) is 11.7 Å². The zero-order chi connectivity index (χ0) is 10.8. The highest BCUT2D eigenvalue weighted by Crippen LogP contribution is 2.31. The van der Waals surface area contributed by atoms with Crippen LogP contribution in [0.25, 0.3) is 0 Å². The summed E-state index contributed by atoms with van der Waals surface area (Å²) in [6, 6.07) is 5.51. The van der Waals surface area contributed by atoms with Crippen LogP contribution < -0.4 is 4.74 Å². The maximum Gasteiger partial charge on any atom is 0.123 e. The molecule has 82 valence electrons. The summed E-state index contributed by atoms with van der Waals surface area (Å²) in [7, 11) is 0. The largest absolute Gasteiger partial charge is 0.508 e. The highest BCUT2D eigenvalue weighted by atomic mass is 16.5. The number of hydrogen-bond acceptors (Lipinski definition) is 2. The lowest BCUT2D eigenvalue weighted by atomic mass is 10.0. The Kier molecular flexibility index (Phi) is 2.85. The number of hydrogen-bond donors (Lipinski definition) is 1. The molecule has 0 atom stereocenters. The van der Waals surface area contributed by atoms with Crippen molar-refractivity contribution in [2.24, 2.45) is 5.92 Å². The first kappa shape index (κ1) is 10.3. The van der Waals surface area contributed by atoms with Gasteiger partial charge < -0.3 is 9.84 Å². The minimum atomic E-state index is 0.298. The van der Waals surface area contributed by atoms with Gasteiger partial charge in [-0.15, -0.1) is 0 Å². The van der Waals surface area contributed by atoms with Gasteiger partial charge in [0, 0.05) is 6.07 Å². The molecular weight excluding hydrogens is 188 g/mol. The maximum absolute atomic E-state index is 9.54. The van der Waals surface area contributed by atoms with Gasteiger partial charge >= 0.3 is 0 Å². The quantitative estimate of drug-likeness (QED) is 0.819. The van der Waals surface area contributed by atoms with Crippen molar-refractivity contribution in [1.29, 1.82) is 0 Å². The molecule has 2 rings (SSSR count). The molecule has 0 aliphatic heterocycles. The van der Waals surface area contributed by atoms with Crippen molar-refractivity contribution in [3.05, 3.63) is 23.8 Å². The number of aromatic hydroxyl groups is 1. The van der Waals surface area contributed by atoms with Crippen LogP contribution in [0.5, 0.6) is 11.5 Å². The van der Waals surface area contributed by atoms with Gasteiger partial charge in [0.2, 0.25) is 0 Å². The van der Waals surface area contributed by atoms with Crippen molar-refractivity contribution in [2.45, 2.75) is 32.6 Å². The van der Waals surface area contributed by atoms with E-state index in [-0.39, 0.29) is 0 Å². The molecule has 1 aliphatic carbocycles. The lowest BCUT2D eigenvalue weighted by molar-refractivity contribution is 0.297. The van der Waals surface area contributed by atoms with Gasteiger partial charge in [0.15, 0.2) is 0 Å². The van der Waals surface area contributed by atoms with Crippen LogP contribution in [0.4, 0.5) is 0 Å². The number of phenolic OH excluding ortho intramolecular Hbond substituents is 1. The van der Waals surface area contributed by atoms with E-state index in [4.69, 9.17) is 4.74 Å². The second-order valence-electron chi connectivity index (χ2n) is 4.67. The number of ether oxygens (including phenoxy) is 1. The Morgan fingerprint density at radius 3 is 2.67 bits per heavy atom. The third kappa shape index (κ3) is 2.88. The summed E-state index contributed by atoms with van der Waals surface area (Å²) in [5.74, 6) is 2.26. The molecule has 0 saturated heterocycles. The highest BCUT2D eigenvalue weighted by molar-refractivity contribution is 5.38. The maximum atomic E-state index is 9.54. The van der Waals surface area contributed by atoms with Gasteiger partial charge in [0.05, 0.1) is 6.61 Å². The molecule has 0 heterocycles. The molecule has 1 aromatic carbocycles. The van der Waals surface area contributed by atoms with Gasteiger partial charge in [-0.1, -0.05) is 13.8 Å². The molecule has 0 bridgehead atoms. The van der Waals surface area contributed by atoms with E-state index < -0.39 is 0 Å². The Labute approximate surface area is 90.9 Å². The van der Waals surface area contributed by atoms with Gasteiger partial charge in [-0.2, -0.15) is 0 Å². The Morgan fingerprint density at radius 1 is 1.33 bits per heavy atom. The smallest absolute Gasteiger partial charge is 0.123 e. The van der Waals surface area contributed by atoms with Gasteiger partial charge in [0.1, 0.15) is 11.5 Å². The van der Waals surface area contributed by atoms with Crippen molar-refractivity contribution >= 4 is 0 Å². The zero-order valence-electron chi connectivity index (χ0n) is 9.36. The highest BCUT2D eigenvalue weighted by Gasteiger charge is 2.22. The van der Waals surface area contributed by atoms with Crippen LogP contribution in [0.1, 0.15) is 38.2 Å². The minimum Gasteiger partial charge on any atom is -0.508 e. The molecule has 1 N–H and O–H groups in total. The van der Waals surface area contributed by atoms with E-state index in [2.05, 4.69) is 13.8 Å². The second kappa shape index (κ2) is 4.13. The fraction of sp³-hybridized carbons (Fsp3) is 0.538. The van der Waals surface area contributed by atoms with E-state index in [0.717, 1.165) is 23.8 Å². The van der Waals surface area contributed by atoms with Crippen LogP contribution in [-0.2, 0) is 0 Å². The molecule has 1 fully saturated rings. The molecule has 0 radical (unpaired) electrons. The number of rotatable bonds is 4. The van der Waals surface area contributed by atoms with E-state index in [0.29, 0.717) is 11.7 Å². The molecule has 2 heteroatoms. The van der Waals surface area contributed by atoms with Gasteiger partial charge in [0.25, 0.3) is 0 Å². The summed E-state index contributed by atoms with van der Waals surface area (Å²) in [6.45, 7) is 5.01. The normalized spacial score (nSPS) is 15.7. The summed E-state index contributed by atoms with van der Waals surface area (Å²) in [4.78, 5) is 0. The van der Waals surface area contributed by atoms with E-state index in [1.54, 1.807) is 12.1 Å². The molecule has 0 amide bonds. The topological polar surface area (TPSA) is 29.5 Å². The molecule has 0 spiro atoms. The van der Waals surface area contributed by atoms with E-state index >= 15 is 0 Å². The molecule has 0 unspecified atom stereocenters. The molecule has 15 heavy (non-hydrogen) atoms. The van der Waals surface area contributed by atoms with E-state index in [1.165, 1.54) is 12.8 Å². The molecular formula is C13H18O2. The molecule has 1 saturated carbocycles. The average molecular weight is 206 g/mol. The van der Waals surface area contributed by atoms with Crippen LogP contribution in [0.2, 0.25) is 0 Å².